The van der Waals surface area contributed by atoms with E-state index in [1.807, 2.05) is 23.9 Å². The van der Waals surface area contributed by atoms with Crippen molar-refractivity contribution >= 4 is 21.8 Å². The lowest BCUT2D eigenvalue weighted by atomic mass is 9.83. The fourth-order valence-corrected chi connectivity index (χ4v) is 3.61. The Hall–Kier alpha value is -0.770. The summed E-state index contributed by atoms with van der Waals surface area (Å²) in [6, 6.07) is 2.20. The maximum Gasteiger partial charge on any atom is 0.268 e. The van der Waals surface area contributed by atoms with Crippen LogP contribution in [0.5, 0.6) is 0 Å². The van der Waals surface area contributed by atoms with E-state index in [0.29, 0.717) is 12.0 Å². The lowest BCUT2D eigenvalue weighted by Gasteiger charge is -2.30. The zero-order chi connectivity index (χ0) is 13.8. The molecule has 0 saturated heterocycles. The second-order valence-electron chi connectivity index (χ2n) is 5.54. The molecule has 1 heterocycles. The Labute approximate surface area is 123 Å². The van der Waals surface area contributed by atoms with Crippen LogP contribution in [0.15, 0.2) is 16.7 Å². The van der Waals surface area contributed by atoms with Crippen molar-refractivity contribution in [1.29, 1.82) is 0 Å². The molecule has 3 nitrogen and oxygen atoms in total. The molecular formula is C15H23BrN2O. The fraction of sp³-hybridized carbons (Fsp3) is 0.667. The van der Waals surface area contributed by atoms with Gasteiger partial charge < -0.3 is 9.88 Å². The standard InChI is InChI=1S/C15H23BrN2O/c1-3-13(11-7-5-4-6-8-11)17-15(19)14-9-12(16)10-18(14)2/h9-11,13H,3-8H2,1-2H3,(H,17,19). The van der Waals surface area contributed by atoms with Gasteiger partial charge in [0.2, 0.25) is 0 Å². The van der Waals surface area contributed by atoms with Gasteiger partial charge in [-0.15, -0.1) is 0 Å². The molecule has 1 fully saturated rings. The molecule has 0 bridgehead atoms. The van der Waals surface area contributed by atoms with Crippen molar-refractivity contribution in [2.45, 2.75) is 51.5 Å². The number of aromatic nitrogens is 1. The summed E-state index contributed by atoms with van der Waals surface area (Å²) in [5, 5.41) is 3.23. The summed E-state index contributed by atoms with van der Waals surface area (Å²) in [5.41, 5.74) is 0.723. The molecule has 106 valence electrons. The van der Waals surface area contributed by atoms with E-state index in [2.05, 4.69) is 28.2 Å². The van der Waals surface area contributed by atoms with Gasteiger partial charge in [0.05, 0.1) is 0 Å². The molecule has 1 atom stereocenters. The Kier molecular flexibility index (Phi) is 5.08. The van der Waals surface area contributed by atoms with Crippen LogP contribution in [0, 0.1) is 5.92 Å². The number of nitrogens with one attached hydrogen (secondary N) is 1. The molecule has 1 unspecified atom stereocenters. The Morgan fingerprint density at radius 1 is 1.47 bits per heavy atom. The molecule has 19 heavy (non-hydrogen) atoms. The average molecular weight is 327 g/mol. The first kappa shape index (κ1) is 14.6. The monoisotopic (exact) mass is 326 g/mol. The number of halogens is 1. The number of hydrogen-bond acceptors (Lipinski definition) is 1. The minimum absolute atomic E-state index is 0.0469. The molecule has 1 N–H and O–H groups in total. The van der Waals surface area contributed by atoms with Gasteiger partial charge in [0.15, 0.2) is 0 Å². The highest BCUT2D eigenvalue weighted by Gasteiger charge is 2.24. The molecule has 2 rings (SSSR count). The van der Waals surface area contributed by atoms with Crippen molar-refractivity contribution in [3.05, 3.63) is 22.4 Å². The SMILES string of the molecule is CCC(NC(=O)c1cc(Br)cn1C)C1CCCCC1. The Balaban J connectivity index is 2.01. The molecular weight excluding hydrogens is 304 g/mol. The molecule has 1 aliphatic carbocycles. The first-order valence-corrected chi connectivity index (χ1v) is 8.04. The Morgan fingerprint density at radius 2 is 2.16 bits per heavy atom. The molecule has 1 saturated carbocycles. The number of aryl methyl sites for hydroxylation is 1. The summed E-state index contributed by atoms with van der Waals surface area (Å²) >= 11 is 3.41. The van der Waals surface area contributed by atoms with E-state index in [0.717, 1.165) is 16.6 Å². The van der Waals surface area contributed by atoms with Gasteiger partial charge in [-0.25, -0.2) is 0 Å². The predicted molar refractivity (Wildman–Crippen MR) is 81.2 cm³/mol. The van der Waals surface area contributed by atoms with E-state index < -0.39 is 0 Å². The molecule has 1 aromatic heterocycles. The quantitative estimate of drug-likeness (QED) is 0.895. The molecule has 0 spiro atoms. The highest BCUT2D eigenvalue weighted by molar-refractivity contribution is 9.10. The van der Waals surface area contributed by atoms with Crippen molar-refractivity contribution < 1.29 is 4.79 Å². The topological polar surface area (TPSA) is 34.0 Å². The summed E-state index contributed by atoms with van der Waals surface area (Å²) in [7, 11) is 1.90. The summed E-state index contributed by atoms with van der Waals surface area (Å²) in [6.07, 6.45) is 9.43. The molecule has 0 aliphatic heterocycles. The van der Waals surface area contributed by atoms with Crippen LogP contribution in [0.25, 0.3) is 0 Å². The molecule has 4 heteroatoms. The normalized spacial score (nSPS) is 18.3. The van der Waals surface area contributed by atoms with Gasteiger partial charge in [0.1, 0.15) is 5.69 Å². The van der Waals surface area contributed by atoms with Gasteiger partial charge in [-0.1, -0.05) is 26.2 Å². The molecule has 0 aromatic carbocycles. The first-order chi connectivity index (χ1) is 9.11. The molecule has 0 radical (unpaired) electrons. The van der Waals surface area contributed by atoms with E-state index in [1.54, 1.807) is 0 Å². The van der Waals surface area contributed by atoms with Crippen LogP contribution in [0.3, 0.4) is 0 Å². The van der Waals surface area contributed by atoms with Gasteiger partial charge in [-0.2, -0.15) is 0 Å². The number of carbonyl (C=O) groups is 1. The van der Waals surface area contributed by atoms with Crippen LogP contribution in [-0.4, -0.2) is 16.5 Å². The summed E-state index contributed by atoms with van der Waals surface area (Å²) < 4.78 is 2.82. The minimum Gasteiger partial charge on any atom is -0.348 e. The van der Waals surface area contributed by atoms with Crippen molar-refractivity contribution in [1.82, 2.24) is 9.88 Å². The van der Waals surface area contributed by atoms with E-state index in [1.165, 1.54) is 32.1 Å². The Bertz CT molecular complexity index is 435. The number of carbonyl (C=O) groups excluding carboxylic acids is 1. The largest absolute Gasteiger partial charge is 0.348 e. The van der Waals surface area contributed by atoms with E-state index in [9.17, 15) is 4.79 Å². The third-order valence-electron chi connectivity index (χ3n) is 4.18. The first-order valence-electron chi connectivity index (χ1n) is 7.24. The van der Waals surface area contributed by atoms with Crippen LogP contribution in [0.2, 0.25) is 0 Å². The third kappa shape index (κ3) is 3.62. The maximum absolute atomic E-state index is 12.3. The Morgan fingerprint density at radius 3 is 2.68 bits per heavy atom. The number of hydrogen-bond donors (Lipinski definition) is 1. The second-order valence-corrected chi connectivity index (χ2v) is 6.46. The average Bonchev–Trinajstić information content (AvgIpc) is 2.76. The van der Waals surface area contributed by atoms with Crippen molar-refractivity contribution in [3.8, 4) is 0 Å². The van der Waals surface area contributed by atoms with Crippen molar-refractivity contribution in [2.75, 3.05) is 0 Å². The third-order valence-corrected chi connectivity index (χ3v) is 4.61. The smallest absolute Gasteiger partial charge is 0.268 e. The highest BCUT2D eigenvalue weighted by atomic mass is 79.9. The number of rotatable bonds is 4. The van der Waals surface area contributed by atoms with E-state index >= 15 is 0 Å². The number of amides is 1. The summed E-state index contributed by atoms with van der Waals surface area (Å²) in [4.78, 5) is 12.3. The van der Waals surface area contributed by atoms with Gasteiger partial charge >= 0.3 is 0 Å². The zero-order valence-corrected chi connectivity index (χ0v) is 13.4. The highest BCUT2D eigenvalue weighted by Crippen LogP contribution is 2.28. The molecule has 1 amide bonds. The second kappa shape index (κ2) is 6.60. The maximum atomic E-state index is 12.3. The van der Waals surface area contributed by atoms with Crippen LogP contribution in [-0.2, 0) is 7.05 Å². The zero-order valence-electron chi connectivity index (χ0n) is 11.8. The van der Waals surface area contributed by atoms with Gasteiger partial charge in [0.25, 0.3) is 5.91 Å². The molecule has 1 aromatic rings. The van der Waals surface area contributed by atoms with Gasteiger partial charge in [0, 0.05) is 23.8 Å². The lowest BCUT2D eigenvalue weighted by Crippen LogP contribution is -2.41. The van der Waals surface area contributed by atoms with E-state index in [-0.39, 0.29) is 5.91 Å². The summed E-state index contributed by atoms with van der Waals surface area (Å²) in [6.45, 7) is 2.17. The fourth-order valence-electron chi connectivity index (χ4n) is 3.08. The van der Waals surface area contributed by atoms with Crippen molar-refractivity contribution in [3.63, 3.8) is 0 Å². The van der Waals surface area contributed by atoms with Crippen molar-refractivity contribution in [2.24, 2.45) is 13.0 Å². The van der Waals surface area contributed by atoms with Crippen LogP contribution < -0.4 is 5.32 Å². The molecule has 1 aliphatic rings. The van der Waals surface area contributed by atoms with Crippen LogP contribution in [0.1, 0.15) is 55.9 Å². The number of nitrogens with zero attached hydrogens (tertiary/aromatic N) is 1. The van der Waals surface area contributed by atoms with Crippen LogP contribution in [0.4, 0.5) is 0 Å². The van der Waals surface area contributed by atoms with Crippen LogP contribution >= 0.6 is 15.9 Å². The van der Waals surface area contributed by atoms with Gasteiger partial charge in [-0.3, -0.25) is 4.79 Å². The minimum atomic E-state index is 0.0469. The summed E-state index contributed by atoms with van der Waals surface area (Å²) in [5.74, 6) is 0.706. The lowest BCUT2D eigenvalue weighted by molar-refractivity contribution is 0.0903. The van der Waals surface area contributed by atoms with Gasteiger partial charge in [-0.05, 0) is 47.2 Å². The van der Waals surface area contributed by atoms with E-state index in [4.69, 9.17) is 0 Å². The predicted octanol–water partition coefficient (Wildman–Crippen LogP) is 3.88.